The van der Waals surface area contributed by atoms with Crippen LogP contribution >= 0.6 is 0 Å². The molecule has 0 bridgehead atoms. The fourth-order valence-corrected chi connectivity index (χ4v) is 1.55. The van der Waals surface area contributed by atoms with Gasteiger partial charge in [-0.1, -0.05) is 12.2 Å². The van der Waals surface area contributed by atoms with Crippen molar-refractivity contribution in [3.05, 3.63) is 12.2 Å². The Bertz CT molecular complexity index is 383. The second-order valence-electron chi connectivity index (χ2n) is 5.46. The first-order valence-corrected chi connectivity index (χ1v) is 6.18. The molecule has 0 aromatic heterocycles. The molecule has 1 unspecified atom stereocenters. The molecule has 0 aliphatic rings. The summed E-state index contributed by atoms with van der Waals surface area (Å²) in [5.74, 6) is -2.58. The number of carbonyl (C=O) groups excluding carboxylic acids is 1. The van der Waals surface area contributed by atoms with Crippen LogP contribution in [0.3, 0.4) is 0 Å². The van der Waals surface area contributed by atoms with E-state index in [9.17, 15) is 14.4 Å². The highest BCUT2D eigenvalue weighted by molar-refractivity contribution is 5.73. The number of carboxylic acid groups (broad SMARTS) is 2. The zero-order valence-corrected chi connectivity index (χ0v) is 12.0. The molecule has 0 spiro atoms. The van der Waals surface area contributed by atoms with E-state index in [2.05, 4.69) is 0 Å². The number of carbonyl (C=O) groups is 3. The van der Waals surface area contributed by atoms with E-state index in [0.717, 1.165) is 0 Å². The molecule has 0 aromatic carbocycles. The molecular weight excluding hydrogens is 266 g/mol. The molecule has 1 atom stereocenters. The highest BCUT2D eigenvalue weighted by Crippen LogP contribution is 2.06. The molecule has 20 heavy (non-hydrogen) atoms. The first-order valence-electron chi connectivity index (χ1n) is 6.18. The van der Waals surface area contributed by atoms with Crippen molar-refractivity contribution < 1.29 is 33.8 Å². The first-order chi connectivity index (χ1) is 9.10. The number of quaternary nitrogens is 1. The fourth-order valence-electron chi connectivity index (χ4n) is 1.55. The van der Waals surface area contributed by atoms with Gasteiger partial charge in [0.15, 0.2) is 6.10 Å². The van der Waals surface area contributed by atoms with Gasteiger partial charge in [-0.2, -0.15) is 0 Å². The Kier molecular flexibility index (Phi) is 7.53. The minimum atomic E-state index is -1.03. The molecule has 0 amide bonds. The molecule has 0 rings (SSSR count). The summed E-state index contributed by atoms with van der Waals surface area (Å²) in [5, 5.41) is 17.2. The van der Waals surface area contributed by atoms with E-state index >= 15 is 0 Å². The van der Waals surface area contributed by atoms with E-state index in [4.69, 9.17) is 14.9 Å². The van der Waals surface area contributed by atoms with Crippen molar-refractivity contribution in [2.45, 2.75) is 25.4 Å². The Morgan fingerprint density at radius 2 is 1.60 bits per heavy atom. The molecule has 0 aliphatic carbocycles. The number of hydrogen-bond acceptors (Lipinski definition) is 4. The standard InChI is InChI=1S/C13H21NO6/c1-14(2,3)9-10(8-12(17)18)20-13(19)7-5-4-6-11(15)16/h4-5,10H,6-9H2,1-3H3,(H-,15,16,17,18)/p+1/b5-4+. The molecule has 0 fully saturated rings. The van der Waals surface area contributed by atoms with E-state index in [-0.39, 0.29) is 19.3 Å². The molecule has 114 valence electrons. The summed E-state index contributed by atoms with van der Waals surface area (Å²) in [6, 6.07) is 0. The third-order valence-corrected chi connectivity index (χ3v) is 2.20. The lowest BCUT2D eigenvalue weighted by Crippen LogP contribution is -2.43. The average Bonchev–Trinajstić information content (AvgIpc) is 2.20. The van der Waals surface area contributed by atoms with Crippen LogP contribution in [0.5, 0.6) is 0 Å². The summed E-state index contributed by atoms with van der Waals surface area (Å²) >= 11 is 0. The summed E-state index contributed by atoms with van der Waals surface area (Å²) in [7, 11) is 5.61. The van der Waals surface area contributed by atoms with Gasteiger partial charge in [-0.15, -0.1) is 0 Å². The van der Waals surface area contributed by atoms with Crippen molar-refractivity contribution in [2.75, 3.05) is 27.7 Å². The SMILES string of the molecule is C[N+](C)(C)CC(CC(=O)O)OC(=O)C/C=C/CC(=O)O. The number of likely N-dealkylation sites (N-methyl/N-ethyl adjacent to an activating group) is 1. The predicted molar refractivity (Wildman–Crippen MR) is 71.0 cm³/mol. The maximum absolute atomic E-state index is 11.5. The van der Waals surface area contributed by atoms with Crippen molar-refractivity contribution in [1.82, 2.24) is 0 Å². The zero-order valence-electron chi connectivity index (χ0n) is 12.0. The van der Waals surface area contributed by atoms with Gasteiger partial charge in [0.2, 0.25) is 0 Å². The smallest absolute Gasteiger partial charge is 0.310 e. The van der Waals surface area contributed by atoms with Crippen molar-refractivity contribution in [1.29, 1.82) is 0 Å². The van der Waals surface area contributed by atoms with Crippen LogP contribution in [-0.4, -0.2) is 66.4 Å². The summed E-state index contributed by atoms with van der Waals surface area (Å²) in [6.07, 6.45) is 1.58. The Labute approximate surface area is 118 Å². The van der Waals surface area contributed by atoms with Crippen LogP contribution in [-0.2, 0) is 19.1 Å². The van der Waals surface area contributed by atoms with Crippen molar-refractivity contribution in [3.8, 4) is 0 Å². The van der Waals surface area contributed by atoms with Gasteiger partial charge in [0.25, 0.3) is 0 Å². The normalized spacial score (nSPS) is 13.2. The molecule has 0 radical (unpaired) electrons. The molecular formula is C13H22NO6+. The van der Waals surface area contributed by atoms with E-state index in [1.165, 1.54) is 12.2 Å². The molecule has 0 aromatic rings. The van der Waals surface area contributed by atoms with Crippen LogP contribution in [0.4, 0.5) is 0 Å². The number of aliphatic carboxylic acids is 2. The quantitative estimate of drug-likeness (QED) is 0.364. The molecule has 2 N–H and O–H groups in total. The van der Waals surface area contributed by atoms with Crippen LogP contribution in [0, 0.1) is 0 Å². The minimum Gasteiger partial charge on any atom is -0.481 e. The molecule has 7 heteroatoms. The van der Waals surface area contributed by atoms with Crippen molar-refractivity contribution in [2.24, 2.45) is 0 Å². The van der Waals surface area contributed by atoms with Crippen LogP contribution in [0.25, 0.3) is 0 Å². The van der Waals surface area contributed by atoms with E-state index < -0.39 is 24.0 Å². The van der Waals surface area contributed by atoms with E-state index in [1.807, 2.05) is 21.1 Å². The Hall–Kier alpha value is -1.89. The Morgan fingerprint density at radius 1 is 1.05 bits per heavy atom. The van der Waals surface area contributed by atoms with Gasteiger partial charge in [0.05, 0.1) is 40.4 Å². The highest BCUT2D eigenvalue weighted by Gasteiger charge is 2.24. The lowest BCUT2D eigenvalue weighted by molar-refractivity contribution is -0.873. The Balaban J connectivity index is 4.34. The number of hydrogen-bond donors (Lipinski definition) is 2. The van der Waals surface area contributed by atoms with Gasteiger partial charge in [-0.05, 0) is 0 Å². The van der Waals surface area contributed by atoms with Crippen LogP contribution in [0.15, 0.2) is 12.2 Å². The van der Waals surface area contributed by atoms with Gasteiger partial charge in [-0.3, -0.25) is 14.4 Å². The highest BCUT2D eigenvalue weighted by atomic mass is 16.5. The average molecular weight is 288 g/mol. The number of ether oxygens (including phenoxy) is 1. The van der Waals surface area contributed by atoms with Gasteiger partial charge in [0, 0.05) is 0 Å². The van der Waals surface area contributed by atoms with Gasteiger partial charge in [-0.25, -0.2) is 0 Å². The van der Waals surface area contributed by atoms with Gasteiger partial charge < -0.3 is 19.4 Å². The van der Waals surface area contributed by atoms with Crippen LogP contribution in [0.1, 0.15) is 19.3 Å². The molecule has 0 heterocycles. The maximum atomic E-state index is 11.5. The molecule has 0 saturated carbocycles. The molecule has 7 nitrogen and oxygen atoms in total. The van der Waals surface area contributed by atoms with Gasteiger partial charge >= 0.3 is 17.9 Å². The van der Waals surface area contributed by atoms with Gasteiger partial charge in [0.1, 0.15) is 6.54 Å². The minimum absolute atomic E-state index is 0.0689. The lowest BCUT2D eigenvalue weighted by atomic mass is 10.2. The predicted octanol–water partition coefficient (Wildman–Crippen LogP) is 0.500. The topological polar surface area (TPSA) is 101 Å². The van der Waals surface area contributed by atoms with E-state index in [1.54, 1.807) is 0 Å². The maximum Gasteiger partial charge on any atom is 0.310 e. The number of carboxylic acids is 2. The summed E-state index contributed by atoms with van der Waals surface area (Å²) < 4.78 is 5.58. The van der Waals surface area contributed by atoms with Crippen molar-refractivity contribution in [3.63, 3.8) is 0 Å². The Morgan fingerprint density at radius 3 is 2.05 bits per heavy atom. The number of esters is 1. The second kappa shape index (κ2) is 8.31. The summed E-state index contributed by atoms with van der Waals surface area (Å²) in [4.78, 5) is 32.5. The zero-order chi connectivity index (χ0) is 15.8. The fraction of sp³-hybridized carbons (Fsp3) is 0.615. The monoisotopic (exact) mass is 288 g/mol. The van der Waals surface area contributed by atoms with Crippen LogP contribution in [0.2, 0.25) is 0 Å². The number of rotatable bonds is 9. The molecule has 0 aliphatic heterocycles. The number of nitrogens with zero attached hydrogens (tertiary/aromatic N) is 1. The second-order valence-corrected chi connectivity index (χ2v) is 5.46. The third kappa shape index (κ3) is 11.2. The van der Waals surface area contributed by atoms with E-state index in [0.29, 0.717) is 11.0 Å². The first kappa shape index (κ1) is 18.1. The largest absolute Gasteiger partial charge is 0.481 e. The van der Waals surface area contributed by atoms with Crippen LogP contribution < -0.4 is 0 Å². The lowest BCUT2D eigenvalue weighted by Gasteiger charge is -2.28. The summed E-state index contributed by atoms with van der Waals surface area (Å²) in [6.45, 7) is 0.386. The summed E-state index contributed by atoms with van der Waals surface area (Å²) in [5.41, 5.74) is 0. The molecule has 0 saturated heterocycles. The van der Waals surface area contributed by atoms with Crippen molar-refractivity contribution >= 4 is 17.9 Å². The third-order valence-electron chi connectivity index (χ3n) is 2.20.